The van der Waals surface area contributed by atoms with Gasteiger partial charge in [-0.2, -0.15) is 0 Å². The number of hydrogen-bond donors (Lipinski definition) is 2. The van der Waals surface area contributed by atoms with Gasteiger partial charge in [-0.05, 0) is 51.5 Å². The van der Waals surface area contributed by atoms with Gasteiger partial charge in [-0.25, -0.2) is 4.79 Å². The summed E-state index contributed by atoms with van der Waals surface area (Å²) in [5.74, 6) is -0.468. The SMILES string of the molecule is CC(C)(C)OC(=O)N1CCN(C2CN(c3ccc(NC4CCC(=O)NC4=O)cc3)C2)CC1. The van der Waals surface area contributed by atoms with Gasteiger partial charge in [-0.3, -0.25) is 19.8 Å². The standard InChI is InChI=1S/C23H33N5O4/c1-23(2,3)32-22(31)27-12-10-26(11-13-27)18-14-28(15-18)17-6-4-16(5-7-17)24-19-8-9-20(29)25-21(19)30/h4-7,18-19,24H,8-15H2,1-3H3,(H,25,29,30). The number of rotatable bonds is 4. The lowest BCUT2D eigenvalue weighted by molar-refractivity contribution is -0.133. The molecule has 3 fully saturated rings. The molecule has 0 bridgehead atoms. The van der Waals surface area contributed by atoms with Crippen molar-refractivity contribution in [3.05, 3.63) is 24.3 Å². The molecule has 1 aromatic rings. The van der Waals surface area contributed by atoms with Crippen molar-refractivity contribution < 1.29 is 19.1 Å². The van der Waals surface area contributed by atoms with Crippen molar-refractivity contribution in [2.24, 2.45) is 0 Å². The number of anilines is 2. The Hall–Kier alpha value is -2.81. The van der Waals surface area contributed by atoms with Gasteiger partial charge < -0.3 is 19.9 Å². The molecular formula is C23H33N5O4. The van der Waals surface area contributed by atoms with E-state index in [0.717, 1.165) is 37.6 Å². The Balaban J connectivity index is 1.21. The third kappa shape index (κ3) is 5.32. The van der Waals surface area contributed by atoms with Crippen LogP contribution >= 0.6 is 0 Å². The Kier molecular flexibility index (Phi) is 6.28. The van der Waals surface area contributed by atoms with E-state index < -0.39 is 5.60 Å². The molecule has 3 aliphatic rings. The molecule has 32 heavy (non-hydrogen) atoms. The first-order chi connectivity index (χ1) is 15.2. The van der Waals surface area contributed by atoms with Crippen LogP contribution in [0, 0.1) is 0 Å². The highest BCUT2D eigenvalue weighted by Gasteiger charge is 2.35. The number of carbonyl (C=O) groups is 3. The molecule has 0 radical (unpaired) electrons. The molecule has 9 heteroatoms. The van der Waals surface area contributed by atoms with Crippen molar-refractivity contribution in [1.29, 1.82) is 0 Å². The van der Waals surface area contributed by atoms with E-state index in [1.165, 1.54) is 0 Å². The molecule has 0 spiro atoms. The molecule has 3 saturated heterocycles. The van der Waals surface area contributed by atoms with E-state index in [4.69, 9.17) is 4.74 Å². The number of imide groups is 1. The Morgan fingerprint density at radius 1 is 1.06 bits per heavy atom. The highest BCUT2D eigenvalue weighted by Crippen LogP contribution is 2.26. The number of nitrogens with one attached hydrogen (secondary N) is 2. The van der Waals surface area contributed by atoms with Crippen LogP contribution in [0.1, 0.15) is 33.6 Å². The third-order valence-corrected chi connectivity index (χ3v) is 6.16. The number of carbonyl (C=O) groups excluding carboxylic acids is 3. The van der Waals surface area contributed by atoms with Crippen LogP contribution in [0.2, 0.25) is 0 Å². The first-order valence-corrected chi connectivity index (χ1v) is 11.4. The molecule has 174 valence electrons. The van der Waals surface area contributed by atoms with Crippen LogP contribution < -0.4 is 15.5 Å². The summed E-state index contributed by atoms with van der Waals surface area (Å²) < 4.78 is 5.47. The van der Waals surface area contributed by atoms with Gasteiger partial charge >= 0.3 is 6.09 Å². The molecule has 1 aromatic carbocycles. The molecule has 3 heterocycles. The topological polar surface area (TPSA) is 94.2 Å². The van der Waals surface area contributed by atoms with Crippen molar-refractivity contribution in [2.75, 3.05) is 49.5 Å². The minimum Gasteiger partial charge on any atom is -0.444 e. The largest absolute Gasteiger partial charge is 0.444 e. The predicted molar refractivity (Wildman–Crippen MR) is 122 cm³/mol. The summed E-state index contributed by atoms with van der Waals surface area (Å²) >= 11 is 0. The van der Waals surface area contributed by atoms with Crippen LogP contribution in [0.25, 0.3) is 0 Å². The monoisotopic (exact) mass is 443 g/mol. The fourth-order valence-electron chi connectivity index (χ4n) is 4.29. The average molecular weight is 444 g/mol. The van der Waals surface area contributed by atoms with E-state index in [-0.39, 0.29) is 23.9 Å². The van der Waals surface area contributed by atoms with Crippen LogP contribution in [0.5, 0.6) is 0 Å². The van der Waals surface area contributed by atoms with Crippen molar-refractivity contribution in [1.82, 2.24) is 15.1 Å². The van der Waals surface area contributed by atoms with E-state index in [2.05, 4.69) is 32.6 Å². The summed E-state index contributed by atoms with van der Waals surface area (Å²) in [6, 6.07) is 8.21. The molecule has 0 saturated carbocycles. The lowest BCUT2D eigenvalue weighted by Gasteiger charge is -2.49. The first-order valence-electron chi connectivity index (χ1n) is 11.4. The number of amides is 3. The van der Waals surface area contributed by atoms with Crippen molar-refractivity contribution in [3.63, 3.8) is 0 Å². The van der Waals surface area contributed by atoms with E-state index >= 15 is 0 Å². The maximum absolute atomic E-state index is 12.2. The zero-order valence-electron chi connectivity index (χ0n) is 19.1. The summed E-state index contributed by atoms with van der Waals surface area (Å²) in [5.41, 5.74) is 1.57. The van der Waals surface area contributed by atoms with Gasteiger partial charge in [0, 0.05) is 63.1 Å². The fourth-order valence-corrected chi connectivity index (χ4v) is 4.29. The van der Waals surface area contributed by atoms with Gasteiger partial charge in [-0.15, -0.1) is 0 Å². The maximum Gasteiger partial charge on any atom is 0.410 e. The Morgan fingerprint density at radius 3 is 2.31 bits per heavy atom. The van der Waals surface area contributed by atoms with Crippen LogP contribution in [0.3, 0.4) is 0 Å². The number of piperidine rings is 1. The summed E-state index contributed by atoms with van der Waals surface area (Å²) in [4.78, 5) is 42.0. The van der Waals surface area contributed by atoms with Crippen LogP contribution in [-0.4, -0.2) is 84.7 Å². The number of nitrogens with zero attached hydrogens (tertiary/aromatic N) is 3. The van der Waals surface area contributed by atoms with E-state index in [9.17, 15) is 14.4 Å². The van der Waals surface area contributed by atoms with Crippen LogP contribution in [0.15, 0.2) is 24.3 Å². The zero-order valence-corrected chi connectivity index (χ0v) is 19.1. The minimum atomic E-state index is -0.463. The lowest BCUT2D eigenvalue weighted by atomic mass is 10.0. The Bertz CT molecular complexity index is 852. The highest BCUT2D eigenvalue weighted by molar-refractivity contribution is 6.01. The molecular weight excluding hydrogens is 410 g/mol. The zero-order chi connectivity index (χ0) is 22.9. The molecule has 9 nitrogen and oxygen atoms in total. The molecule has 2 N–H and O–H groups in total. The Morgan fingerprint density at radius 2 is 1.72 bits per heavy atom. The van der Waals surface area contributed by atoms with E-state index in [1.807, 2.05) is 32.9 Å². The quantitative estimate of drug-likeness (QED) is 0.684. The summed E-state index contributed by atoms with van der Waals surface area (Å²) in [6.07, 6.45) is 0.655. The number of piperazine rings is 1. The smallest absolute Gasteiger partial charge is 0.410 e. The summed E-state index contributed by atoms with van der Waals surface area (Å²) in [5, 5.41) is 5.58. The van der Waals surface area contributed by atoms with Gasteiger partial charge in [0.1, 0.15) is 11.6 Å². The van der Waals surface area contributed by atoms with Gasteiger partial charge in [-0.1, -0.05) is 0 Å². The number of hydrogen-bond acceptors (Lipinski definition) is 7. The average Bonchev–Trinajstić information content (AvgIpc) is 2.69. The third-order valence-electron chi connectivity index (χ3n) is 6.16. The molecule has 3 amide bonds. The number of benzene rings is 1. The van der Waals surface area contributed by atoms with Crippen molar-refractivity contribution in [3.8, 4) is 0 Å². The maximum atomic E-state index is 12.2. The minimum absolute atomic E-state index is 0.206. The number of ether oxygens (including phenoxy) is 1. The fraction of sp³-hybridized carbons (Fsp3) is 0.609. The molecule has 3 aliphatic heterocycles. The van der Waals surface area contributed by atoms with Gasteiger partial charge in [0.25, 0.3) is 0 Å². The second kappa shape index (κ2) is 8.97. The highest BCUT2D eigenvalue weighted by atomic mass is 16.6. The summed E-state index contributed by atoms with van der Waals surface area (Å²) in [7, 11) is 0. The molecule has 4 rings (SSSR count). The van der Waals surface area contributed by atoms with E-state index in [0.29, 0.717) is 32.0 Å². The van der Waals surface area contributed by atoms with Crippen LogP contribution in [0.4, 0.5) is 16.2 Å². The summed E-state index contributed by atoms with van der Waals surface area (Å²) in [6.45, 7) is 10.7. The van der Waals surface area contributed by atoms with Gasteiger partial charge in [0.15, 0.2) is 0 Å². The molecule has 0 aliphatic carbocycles. The molecule has 0 aromatic heterocycles. The van der Waals surface area contributed by atoms with E-state index in [1.54, 1.807) is 4.90 Å². The molecule has 1 atom stereocenters. The van der Waals surface area contributed by atoms with Gasteiger partial charge in [0.05, 0.1) is 0 Å². The van der Waals surface area contributed by atoms with Crippen molar-refractivity contribution >= 4 is 29.3 Å². The Labute approximate surface area is 189 Å². The normalized spacial score (nSPS) is 22.9. The van der Waals surface area contributed by atoms with Crippen LogP contribution in [-0.2, 0) is 14.3 Å². The van der Waals surface area contributed by atoms with Gasteiger partial charge in [0.2, 0.25) is 11.8 Å². The second-order valence-corrected chi connectivity index (χ2v) is 9.76. The predicted octanol–water partition coefficient (Wildman–Crippen LogP) is 1.65. The van der Waals surface area contributed by atoms with Crippen molar-refractivity contribution in [2.45, 2.75) is 51.3 Å². The lowest BCUT2D eigenvalue weighted by Crippen LogP contribution is -2.63. The molecule has 1 unspecified atom stereocenters. The first kappa shape index (κ1) is 22.4. The second-order valence-electron chi connectivity index (χ2n) is 9.76.